The third kappa shape index (κ3) is 8.85. The molecule has 0 saturated carbocycles. The lowest BCUT2D eigenvalue weighted by molar-refractivity contribution is -0.384. The van der Waals surface area contributed by atoms with Gasteiger partial charge in [0.05, 0.1) is 16.1 Å². The van der Waals surface area contributed by atoms with Crippen LogP contribution >= 0.6 is 11.6 Å². The lowest BCUT2D eigenvalue weighted by atomic mass is 10.1. The smallest absolute Gasteiger partial charge is 0.336 e. The standard InChI is InChI=1S/C15H12N2O5.C4H5Cl.C2H6/c1-9-2-4-10(5-3-9)16-14(18)12-7-6-11(17(21)22)8-13(12)15(19)20;1-3-4(2)5;1-2/h2-8H,1H3,(H,16,18)(H,19,20);3H,1-2H2;1-2H3. The third-order valence-corrected chi connectivity index (χ3v) is 3.37. The number of hydrogen-bond donors (Lipinski definition) is 2. The van der Waals surface area contributed by atoms with Crippen molar-refractivity contribution < 1.29 is 19.6 Å². The van der Waals surface area contributed by atoms with E-state index < -0.39 is 22.4 Å². The fourth-order valence-electron chi connectivity index (χ4n) is 1.86. The van der Waals surface area contributed by atoms with E-state index in [9.17, 15) is 19.7 Å². The zero-order chi connectivity index (χ0) is 22.6. The van der Waals surface area contributed by atoms with E-state index in [0.717, 1.165) is 23.8 Å². The number of allylic oxidation sites excluding steroid dienone is 2. The molecule has 154 valence electrons. The van der Waals surface area contributed by atoms with Crippen molar-refractivity contribution in [1.29, 1.82) is 0 Å². The molecule has 0 atom stereocenters. The van der Waals surface area contributed by atoms with E-state index in [-0.39, 0.29) is 11.3 Å². The Morgan fingerprint density at radius 2 is 1.66 bits per heavy atom. The number of carbonyl (C=O) groups excluding carboxylic acids is 1. The van der Waals surface area contributed by atoms with Crippen LogP contribution in [0.25, 0.3) is 0 Å². The molecule has 0 aliphatic carbocycles. The van der Waals surface area contributed by atoms with E-state index >= 15 is 0 Å². The van der Waals surface area contributed by atoms with Crippen molar-refractivity contribution in [3.8, 4) is 0 Å². The molecule has 0 saturated heterocycles. The van der Waals surface area contributed by atoms with Crippen LogP contribution in [0.2, 0.25) is 0 Å². The predicted molar refractivity (Wildman–Crippen MR) is 116 cm³/mol. The van der Waals surface area contributed by atoms with E-state index in [1.54, 1.807) is 24.3 Å². The molecule has 0 aliphatic rings. The first kappa shape index (κ1) is 25.6. The molecular formula is C21H23ClN2O5. The van der Waals surface area contributed by atoms with Gasteiger partial charge in [0.1, 0.15) is 0 Å². The number of aromatic carboxylic acids is 1. The number of nitrogens with one attached hydrogen (secondary N) is 1. The lowest BCUT2D eigenvalue weighted by Crippen LogP contribution is -2.16. The average molecular weight is 419 g/mol. The maximum atomic E-state index is 12.2. The largest absolute Gasteiger partial charge is 0.478 e. The highest BCUT2D eigenvalue weighted by Gasteiger charge is 2.20. The number of carboxylic acid groups (broad SMARTS) is 1. The summed E-state index contributed by atoms with van der Waals surface area (Å²) in [4.78, 5) is 33.3. The van der Waals surface area contributed by atoms with E-state index in [1.807, 2.05) is 20.8 Å². The number of halogens is 1. The second-order valence-electron chi connectivity index (χ2n) is 5.26. The fraction of sp³-hybridized carbons (Fsp3) is 0.143. The Balaban J connectivity index is 0.000000977. The van der Waals surface area contributed by atoms with Crippen molar-refractivity contribution in [1.82, 2.24) is 0 Å². The Kier molecular flexibility index (Phi) is 11.3. The number of carboxylic acids is 1. The molecule has 0 aliphatic heterocycles. The summed E-state index contributed by atoms with van der Waals surface area (Å²) >= 11 is 5.15. The lowest BCUT2D eigenvalue weighted by Gasteiger charge is -2.08. The minimum atomic E-state index is -1.40. The van der Waals surface area contributed by atoms with Crippen LogP contribution in [0.3, 0.4) is 0 Å². The molecule has 0 spiro atoms. The molecule has 0 radical (unpaired) electrons. The minimum Gasteiger partial charge on any atom is -0.478 e. The van der Waals surface area contributed by atoms with Gasteiger partial charge in [-0.05, 0) is 25.1 Å². The van der Waals surface area contributed by atoms with Gasteiger partial charge < -0.3 is 10.4 Å². The number of nitro groups is 1. The Morgan fingerprint density at radius 1 is 1.14 bits per heavy atom. The van der Waals surface area contributed by atoms with Crippen LogP contribution in [0.4, 0.5) is 11.4 Å². The SMILES string of the molecule is C=CC(=C)Cl.CC.Cc1ccc(NC(=O)c2ccc([N+](=O)[O-])cc2C(=O)O)cc1. The first-order valence-electron chi connectivity index (χ1n) is 8.52. The number of carbonyl (C=O) groups is 2. The van der Waals surface area contributed by atoms with Gasteiger partial charge in [-0.15, -0.1) is 0 Å². The number of anilines is 1. The van der Waals surface area contributed by atoms with E-state index in [0.29, 0.717) is 10.7 Å². The van der Waals surface area contributed by atoms with Crippen LogP contribution in [0.15, 0.2) is 66.7 Å². The summed E-state index contributed by atoms with van der Waals surface area (Å²) in [5.74, 6) is -2.05. The number of non-ortho nitro benzene ring substituents is 1. The molecule has 0 heterocycles. The first-order valence-corrected chi connectivity index (χ1v) is 8.90. The number of benzene rings is 2. The van der Waals surface area contributed by atoms with Crippen LogP contribution in [0.1, 0.15) is 40.1 Å². The molecule has 0 bridgehead atoms. The average Bonchev–Trinajstić information content (AvgIpc) is 2.71. The summed E-state index contributed by atoms with van der Waals surface area (Å²) in [5, 5.41) is 22.9. The summed E-state index contributed by atoms with van der Waals surface area (Å²) in [7, 11) is 0. The maximum absolute atomic E-state index is 12.2. The van der Waals surface area contributed by atoms with Gasteiger partial charge in [-0.1, -0.05) is 62.4 Å². The topological polar surface area (TPSA) is 110 Å². The molecule has 0 aromatic heterocycles. The van der Waals surface area contributed by atoms with Gasteiger partial charge in [0.25, 0.3) is 11.6 Å². The second kappa shape index (κ2) is 12.9. The molecule has 0 fully saturated rings. The number of amides is 1. The van der Waals surface area contributed by atoms with Crippen molar-refractivity contribution >= 4 is 34.9 Å². The summed E-state index contributed by atoms with van der Waals surface area (Å²) in [6, 6.07) is 10.0. The van der Waals surface area contributed by atoms with Crippen molar-refractivity contribution in [3.05, 3.63) is 93.5 Å². The number of nitro benzene ring substituents is 1. The Labute approximate surface area is 174 Å². The zero-order valence-corrected chi connectivity index (χ0v) is 17.2. The Bertz CT molecular complexity index is 892. The quantitative estimate of drug-likeness (QED) is 0.362. The van der Waals surface area contributed by atoms with E-state index in [2.05, 4.69) is 18.5 Å². The highest BCUT2D eigenvalue weighted by Crippen LogP contribution is 2.19. The molecule has 2 N–H and O–H groups in total. The van der Waals surface area contributed by atoms with Crippen LogP contribution < -0.4 is 5.32 Å². The van der Waals surface area contributed by atoms with Gasteiger partial charge in [-0.3, -0.25) is 14.9 Å². The predicted octanol–water partition coefficient (Wildman–Crippen LogP) is 5.80. The molecule has 2 rings (SSSR count). The van der Waals surface area contributed by atoms with Crippen LogP contribution in [0, 0.1) is 17.0 Å². The second-order valence-corrected chi connectivity index (χ2v) is 5.75. The number of nitrogens with zero attached hydrogens (tertiary/aromatic N) is 1. The summed E-state index contributed by atoms with van der Waals surface area (Å²) in [6.07, 6.45) is 1.49. The van der Waals surface area contributed by atoms with Crippen molar-refractivity contribution in [3.63, 3.8) is 0 Å². The summed E-state index contributed by atoms with van der Waals surface area (Å²) in [6.45, 7) is 12.5. The Hall–Kier alpha value is -3.45. The number of rotatable bonds is 5. The molecular weight excluding hydrogens is 396 g/mol. The molecule has 2 aromatic rings. The fourth-order valence-corrected chi connectivity index (χ4v) is 1.86. The van der Waals surface area contributed by atoms with Gasteiger partial charge in [-0.25, -0.2) is 4.79 Å². The van der Waals surface area contributed by atoms with Gasteiger partial charge in [0, 0.05) is 22.9 Å². The highest BCUT2D eigenvalue weighted by molar-refractivity contribution is 6.30. The summed E-state index contributed by atoms with van der Waals surface area (Å²) in [5.41, 5.74) is 0.576. The van der Waals surface area contributed by atoms with Crippen molar-refractivity contribution in [2.75, 3.05) is 5.32 Å². The van der Waals surface area contributed by atoms with Crippen LogP contribution in [0.5, 0.6) is 0 Å². The van der Waals surface area contributed by atoms with E-state index in [4.69, 9.17) is 16.7 Å². The van der Waals surface area contributed by atoms with Crippen molar-refractivity contribution in [2.24, 2.45) is 0 Å². The maximum Gasteiger partial charge on any atom is 0.336 e. The molecule has 1 amide bonds. The van der Waals surface area contributed by atoms with Gasteiger partial charge in [0.2, 0.25) is 0 Å². The van der Waals surface area contributed by atoms with Crippen LogP contribution in [-0.4, -0.2) is 21.9 Å². The molecule has 7 nitrogen and oxygen atoms in total. The highest BCUT2D eigenvalue weighted by atomic mass is 35.5. The minimum absolute atomic E-state index is 0.140. The molecule has 8 heteroatoms. The Morgan fingerprint density at radius 3 is 2.07 bits per heavy atom. The van der Waals surface area contributed by atoms with Crippen molar-refractivity contribution in [2.45, 2.75) is 20.8 Å². The third-order valence-electron chi connectivity index (χ3n) is 3.22. The number of hydrogen-bond acceptors (Lipinski definition) is 4. The first-order chi connectivity index (χ1) is 13.6. The number of aryl methyl sites for hydroxylation is 1. The van der Waals surface area contributed by atoms with Gasteiger partial charge in [-0.2, -0.15) is 0 Å². The molecule has 2 aromatic carbocycles. The summed E-state index contributed by atoms with van der Waals surface area (Å²) < 4.78 is 0. The van der Waals surface area contributed by atoms with Gasteiger partial charge in [0.15, 0.2) is 0 Å². The molecule has 0 unspecified atom stereocenters. The van der Waals surface area contributed by atoms with Crippen LogP contribution in [-0.2, 0) is 0 Å². The normalized spacial score (nSPS) is 8.97. The van der Waals surface area contributed by atoms with E-state index in [1.165, 1.54) is 6.08 Å². The monoisotopic (exact) mass is 418 g/mol. The zero-order valence-electron chi connectivity index (χ0n) is 16.4. The molecule has 29 heavy (non-hydrogen) atoms. The van der Waals surface area contributed by atoms with Gasteiger partial charge >= 0.3 is 5.97 Å².